The predicted octanol–water partition coefficient (Wildman–Crippen LogP) is 2.29. The molecule has 0 aliphatic carbocycles. The fourth-order valence-corrected chi connectivity index (χ4v) is 6.46. The Morgan fingerprint density at radius 2 is 1.90 bits per heavy atom. The maximum Gasteiger partial charge on any atom is 0.419 e. The number of piperidine rings is 1. The third-order valence-electron chi connectivity index (χ3n) is 5.89. The average molecular weight is 415 g/mol. The van der Waals surface area contributed by atoms with Gasteiger partial charge < -0.3 is 9.15 Å². The van der Waals surface area contributed by atoms with Crippen molar-refractivity contribution in [3.8, 4) is 5.88 Å². The maximum atomic E-state index is 13.4. The van der Waals surface area contributed by atoms with E-state index in [0.717, 1.165) is 12.8 Å². The number of aryl methyl sites for hydroxylation is 1. The van der Waals surface area contributed by atoms with Crippen LogP contribution in [-0.2, 0) is 17.1 Å². The van der Waals surface area contributed by atoms with Crippen molar-refractivity contribution in [3.63, 3.8) is 0 Å². The average Bonchev–Trinajstić information content (AvgIpc) is 3.16. The number of hydrogen-bond acceptors (Lipinski definition) is 6. The molecule has 5 rings (SSSR count). The molecule has 152 valence electrons. The van der Waals surface area contributed by atoms with Gasteiger partial charge in [-0.05, 0) is 37.1 Å². The van der Waals surface area contributed by atoms with Crippen LogP contribution in [0.1, 0.15) is 25.7 Å². The number of rotatable bonds is 4. The lowest BCUT2D eigenvalue weighted by Gasteiger charge is -2.37. The third kappa shape index (κ3) is 3.05. The molecule has 2 aliphatic heterocycles. The van der Waals surface area contributed by atoms with E-state index >= 15 is 0 Å². The number of aromatic nitrogens is 2. The largest absolute Gasteiger partial charge is 0.474 e. The molecule has 2 unspecified atom stereocenters. The first-order valence-electron chi connectivity index (χ1n) is 9.64. The summed E-state index contributed by atoms with van der Waals surface area (Å²) in [5.74, 6) is 0.0571. The first-order valence-corrected chi connectivity index (χ1v) is 11.1. The van der Waals surface area contributed by atoms with Crippen molar-refractivity contribution in [2.24, 2.45) is 7.05 Å². The Bertz CT molecular complexity index is 1200. The monoisotopic (exact) mass is 415 g/mol. The minimum absolute atomic E-state index is 0.0500. The lowest BCUT2D eigenvalue weighted by Crippen LogP contribution is -2.49. The molecule has 2 atom stereocenters. The van der Waals surface area contributed by atoms with Crippen LogP contribution in [0.2, 0.25) is 0 Å². The number of ether oxygens (including phenoxy) is 1. The van der Waals surface area contributed by atoms with Gasteiger partial charge in [0.25, 0.3) is 0 Å². The van der Waals surface area contributed by atoms with Gasteiger partial charge in [-0.2, -0.15) is 4.31 Å². The zero-order valence-corrected chi connectivity index (χ0v) is 16.7. The number of hydrogen-bond donors (Lipinski definition) is 0. The fraction of sp³-hybridized carbons (Fsp3) is 0.400. The summed E-state index contributed by atoms with van der Waals surface area (Å²) in [6.07, 6.45) is 4.54. The van der Waals surface area contributed by atoms with E-state index in [1.54, 1.807) is 23.6 Å². The number of nitrogens with zero attached hydrogens (tertiary/aromatic N) is 3. The number of benzene rings is 1. The molecule has 2 aliphatic rings. The quantitative estimate of drug-likeness (QED) is 0.649. The molecule has 0 amide bonds. The van der Waals surface area contributed by atoms with E-state index in [1.807, 2.05) is 18.2 Å². The standard InChI is InChI=1S/C20H21N3O5S/c1-22-17-12-16(7-8-18(17)28-20(22)24)29(25,26)23-13-5-6-14(23)11-15(10-13)27-19-4-2-3-9-21-19/h2-4,7-9,12-15H,5-6,10-11H2,1H3. The van der Waals surface area contributed by atoms with Gasteiger partial charge in [0.1, 0.15) is 6.10 Å². The molecule has 2 aromatic heterocycles. The highest BCUT2D eigenvalue weighted by Gasteiger charge is 2.48. The Hall–Kier alpha value is -2.65. The van der Waals surface area contributed by atoms with E-state index in [4.69, 9.17) is 9.15 Å². The first kappa shape index (κ1) is 18.4. The fourth-order valence-electron chi connectivity index (χ4n) is 4.55. The van der Waals surface area contributed by atoms with Crippen molar-refractivity contribution in [2.45, 2.75) is 48.8 Å². The van der Waals surface area contributed by atoms with E-state index in [0.29, 0.717) is 29.8 Å². The van der Waals surface area contributed by atoms with Crippen LogP contribution in [0, 0.1) is 0 Å². The van der Waals surface area contributed by atoms with Crippen LogP contribution in [0.15, 0.2) is 56.7 Å². The van der Waals surface area contributed by atoms with Crippen LogP contribution in [0.3, 0.4) is 0 Å². The van der Waals surface area contributed by atoms with E-state index in [2.05, 4.69) is 4.98 Å². The van der Waals surface area contributed by atoms with Crippen LogP contribution < -0.4 is 10.5 Å². The van der Waals surface area contributed by atoms with E-state index in [1.165, 1.54) is 16.7 Å². The SMILES string of the molecule is Cn1c(=O)oc2ccc(S(=O)(=O)N3C4CCC3CC(Oc3ccccn3)C4)cc21. The van der Waals surface area contributed by atoms with Crippen LogP contribution in [0.5, 0.6) is 5.88 Å². The summed E-state index contributed by atoms with van der Waals surface area (Å²) < 4.78 is 40.9. The van der Waals surface area contributed by atoms with Crippen molar-refractivity contribution in [2.75, 3.05) is 0 Å². The van der Waals surface area contributed by atoms with Gasteiger partial charge in [-0.25, -0.2) is 18.2 Å². The van der Waals surface area contributed by atoms with Crippen molar-refractivity contribution in [1.29, 1.82) is 0 Å². The van der Waals surface area contributed by atoms with Crippen LogP contribution in [-0.4, -0.2) is 40.5 Å². The highest BCUT2D eigenvalue weighted by atomic mass is 32.2. The summed E-state index contributed by atoms with van der Waals surface area (Å²) >= 11 is 0. The molecule has 29 heavy (non-hydrogen) atoms. The molecule has 4 heterocycles. The summed E-state index contributed by atoms with van der Waals surface area (Å²) in [7, 11) is -2.12. The second kappa shape index (κ2) is 6.70. The van der Waals surface area contributed by atoms with Crippen molar-refractivity contribution >= 4 is 21.1 Å². The van der Waals surface area contributed by atoms with E-state index in [9.17, 15) is 13.2 Å². The summed E-state index contributed by atoms with van der Waals surface area (Å²) in [6.45, 7) is 0. The molecule has 8 nitrogen and oxygen atoms in total. The molecular formula is C20H21N3O5S. The van der Waals surface area contributed by atoms with Crippen molar-refractivity contribution < 1.29 is 17.6 Å². The lowest BCUT2D eigenvalue weighted by atomic mass is 10.0. The number of pyridine rings is 1. The molecule has 0 saturated carbocycles. The molecule has 9 heteroatoms. The van der Waals surface area contributed by atoms with Crippen molar-refractivity contribution in [3.05, 3.63) is 53.1 Å². The van der Waals surface area contributed by atoms with E-state index < -0.39 is 15.8 Å². The predicted molar refractivity (Wildman–Crippen MR) is 105 cm³/mol. The molecule has 3 aromatic rings. The number of oxazole rings is 1. The second-order valence-corrected chi connectivity index (χ2v) is 9.50. The summed E-state index contributed by atoms with van der Waals surface area (Å²) in [4.78, 5) is 16.1. The molecule has 2 bridgehead atoms. The van der Waals surface area contributed by atoms with Gasteiger partial charge >= 0.3 is 5.76 Å². The Balaban J connectivity index is 1.42. The lowest BCUT2D eigenvalue weighted by molar-refractivity contribution is 0.0918. The Labute approximate surface area is 167 Å². The zero-order valence-electron chi connectivity index (χ0n) is 15.9. The summed E-state index contributed by atoms with van der Waals surface area (Å²) in [6, 6.07) is 9.89. The van der Waals surface area contributed by atoms with Crippen molar-refractivity contribution in [1.82, 2.24) is 13.9 Å². The third-order valence-corrected chi connectivity index (χ3v) is 7.89. The Morgan fingerprint density at radius 3 is 2.59 bits per heavy atom. The first-order chi connectivity index (χ1) is 13.9. The Morgan fingerprint density at radius 1 is 1.14 bits per heavy atom. The Kier molecular flexibility index (Phi) is 4.25. The van der Waals surface area contributed by atoms with Gasteiger partial charge in [0, 0.05) is 44.2 Å². The van der Waals surface area contributed by atoms with Crippen LogP contribution >= 0.6 is 0 Å². The van der Waals surface area contributed by atoms with Gasteiger partial charge in [0.05, 0.1) is 10.4 Å². The van der Waals surface area contributed by atoms with E-state index in [-0.39, 0.29) is 23.1 Å². The van der Waals surface area contributed by atoms with Gasteiger partial charge in [-0.3, -0.25) is 4.57 Å². The maximum absolute atomic E-state index is 13.4. The molecule has 0 radical (unpaired) electrons. The smallest absolute Gasteiger partial charge is 0.419 e. The van der Waals surface area contributed by atoms with Crippen LogP contribution in [0.4, 0.5) is 0 Å². The van der Waals surface area contributed by atoms with Gasteiger partial charge in [0.2, 0.25) is 15.9 Å². The second-order valence-electron chi connectivity index (χ2n) is 7.66. The topological polar surface area (TPSA) is 94.6 Å². The number of sulfonamides is 1. The van der Waals surface area contributed by atoms with Gasteiger partial charge in [0.15, 0.2) is 5.58 Å². The highest BCUT2D eigenvalue weighted by Crippen LogP contribution is 2.41. The molecule has 1 aromatic carbocycles. The number of fused-ring (bicyclic) bond motifs is 3. The molecule has 2 saturated heterocycles. The minimum atomic E-state index is -3.69. The highest BCUT2D eigenvalue weighted by molar-refractivity contribution is 7.89. The molecule has 2 fully saturated rings. The normalized spacial score (nSPS) is 24.8. The minimum Gasteiger partial charge on any atom is -0.474 e. The summed E-state index contributed by atoms with van der Waals surface area (Å²) in [5.41, 5.74) is 0.846. The zero-order chi connectivity index (χ0) is 20.2. The molecular weight excluding hydrogens is 394 g/mol. The van der Waals surface area contributed by atoms with Crippen LogP contribution in [0.25, 0.3) is 11.1 Å². The molecule has 0 N–H and O–H groups in total. The van der Waals surface area contributed by atoms with Gasteiger partial charge in [-0.1, -0.05) is 6.07 Å². The van der Waals surface area contributed by atoms with Gasteiger partial charge in [-0.15, -0.1) is 0 Å². The molecule has 0 spiro atoms. The summed E-state index contributed by atoms with van der Waals surface area (Å²) in [5, 5.41) is 0.